The molecule has 0 saturated heterocycles. The standard InChI is InChI=1S/C15H14ClNO4/c1-19-12-5-11(6-13(7-12)20-2)15(18)21-9-10-3-4-14(16)17-8-10/h3-8H,9H2,1-2H3. The maximum atomic E-state index is 12.0. The zero-order valence-electron chi connectivity index (χ0n) is 11.6. The topological polar surface area (TPSA) is 57.7 Å². The molecule has 0 unspecified atom stereocenters. The molecular weight excluding hydrogens is 294 g/mol. The van der Waals surface area contributed by atoms with Gasteiger partial charge >= 0.3 is 5.97 Å². The Bertz CT molecular complexity index is 606. The molecule has 1 aromatic heterocycles. The highest BCUT2D eigenvalue weighted by atomic mass is 35.5. The van der Waals surface area contributed by atoms with Gasteiger partial charge in [-0.1, -0.05) is 17.7 Å². The molecular formula is C15H14ClNO4. The fourth-order valence-corrected chi connectivity index (χ4v) is 1.76. The van der Waals surface area contributed by atoms with Crippen molar-refractivity contribution in [1.29, 1.82) is 0 Å². The van der Waals surface area contributed by atoms with Crippen molar-refractivity contribution in [2.45, 2.75) is 6.61 Å². The largest absolute Gasteiger partial charge is 0.497 e. The predicted octanol–water partition coefficient (Wildman–Crippen LogP) is 3.11. The lowest BCUT2D eigenvalue weighted by Crippen LogP contribution is -2.06. The van der Waals surface area contributed by atoms with Gasteiger partial charge in [-0.2, -0.15) is 0 Å². The molecule has 5 nitrogen and oxygen atoms in total. The number of hydrogen-bond donors (Lipinski definition) is 0. The van der Waals surface area contributed by atoms with Gasteiger partial charge in [-0.25, -0.2) is 9.78 Å². The van der Waals surface area contributed by atoms with Crippen LogP contribution in [-0.4, -0.2) is 25.2 Å². The number of carbonyl (C=O) groups excluding carboxylic acids is 1. The first kappa shape index (κ1) is 15.1. The first-order valence-corrected chi connectivity index (χ1v) is 6.51. The minimum absolute atomic E-state index is 0.114. The highest BCUT2D eigenvalue weighted by Crippen LogP contribution is 2.23. The number of benzene rings is 1. The van der Waals surface area contributed by atoms with E-state index in [0.717, 1.165) is 5.56 Å². The molecule has 110 valence electrons. The normalized spacial score (nSPS) is 10.0. The van der Waals surface area contributed by atoms with Gasteiger partial charge in [0.15, 0.2) is 0 Å². The van der Waals surface area contributed by atoms with Crippen molar-refractivity contribution in [2.75, 3.05) is 14.2 Å². The Kier molecular flexibility index (Phi) is 5.00. The number of halogens is 1. The van der Waals surface area contributed by atoms with Gasteiger partial charge in [-0.15, -0.1) is 0 Å². The Morgan fingerprint density at radius 3 is 2.33 bits per heavy atom. The van der Waals surface area contributed by atoms with Gasteiger partial charge in [-0.3, -0.25) is 0 Å². The molecule has 0 aliphatic heterocycles. The van der Waals surface area contributed by atoms with Crippen molar-refractivity contribution >= 4 is 17.6 Å². The zero-order valence-corrected chi connectivity index (χ0v) is 12.4. The third kappa shape index (κ3) is 4.10. The molecule has 0 N–H and O–H groups in total. The molecule has 0 spiro atoms. The van der Waals surface area contributed by atoms with E-state index in [9.17, 15) is 4.79 Å². The number of esters is 1. The summed E-state index contributed by atoms with van der Waals surface area (Å²) in [6, 6.07) is 8.24. The average molecular weight is 308 g/mol. The molecule has 0 atom stereocenters. The van der Waals surface area contributed by atoms with Gasteiger partial charge in [-0.05, 0) is 18.2 Å². The van der Waals surface area contributed by atoms with Crippen molar-refractivity contribution in [3.8, 4) is 11.5 Å². The molecule has 1 aromatic carbocycles. The Balaban J connectivity index is 2.07. The molecule has 1 heterocycles. The summed E-state index contributed by atoms with van der Waals surface area (Å²) in [4.78, 5) is 16.0. The molecule has 2 rings (SSSR count). The highest BCUT2D eigenvalue weighted by Gasteiger charge is 2.11. The van der Waals surface area contributed by atoms with E-state index >= 15 is 0 Å². The maximum absolute atomic E-state index is 12.0. The van der Waals surface area contributed by atoms with Crippen molar-refractivity contribution in [3.05, 3.63) is 52.8 Å². The van der Waals surface area contributed by atoms with E-state index < -0.39 is 5.97 Å². The van der Waals surface area contributed by atoms with Crippen LogP contribution in [0.15, 0.2) is 36.5 Å². The third-order valence-electron chi connectivity index (χ3n) is 2.75. The molecule has 2 aromatic rings. The summed E-state index contributed by atoms with van der Waals surface area (Å²) in [5, 5.41) is 0.391. The van der Waals surface area contributed by atoms with E-state index in [0.29, 0.717) is 22.2 Å². The van der Waals surface area contributed by atoms with Crippen LogP contribution in [0.5, 0.6) is 11.5 Å². The number of nitrogens with zero attached hydrogens (tertiary/aromatic N) is 1. The van der Waals surface area contributed by atoms with Gasteiger partial charge in [0, 0.05) is 17.8 Å². The number of methoxy groups -OCH3 is 2. The van der Waals surface area contributed by atoms with Crippen LogP contribution in [0.4, 0.5) is 0 Å². The average Bonchev–Trinajstić information content (AvgIpc) is 2.53. The molecule has 0 bridgehead atoms. The molecule has 0 saturated carbocycles. The Morgan fingerprint density at radius 2 is 1.81 bits per heavy atom. The van der Waals surface area contributed by atoms with E-state index in [2.05, 4.69) is 4.98 Å². The smallest absolute Gasteiger partial charge is 0.338 e. The summed E-state index contributed by atoms with van der Waals surface area (Å²) in [6.45, 7) is 0.114. The predicted molar refractivity (Wildman–Crippen MR) is 77.9 cm³/mol. The van der Waals surface area contributed by atoms with Crippen LogP contribution in [-0.2, 0) is 11.3 Å². The zero-order chi connectivity index (χ0) is 15.2. The number of carbonyl (C=O) groups is 1. The Hall–Kier alpha value is -2.27. The molecule has 0 aliphatic rings. The molecule has 21 heavy (non-hydrogen) atoms. The minimum Gasteiger partial charge on any atom is -0.497 e. The lowest BCUT2D eigenvalue weighted by atomic mass is 10.2. The number of hydrogen-bond acceptors (Lipinski definition) is 5. The van der Waals surface area contributed by atoms with Crippen LogP contribution >= 0.6 is 11.6 Å². The highest BCUT2D eigenvalue weighted by molar-refractivity contribution is 6.29. The van der Waals surface area contributed by atoms with Gasteiger partial charge in [0.1, 0.15) is 23.3 Å². The van der Waals surface area contributed by atoms with E-state index in [4.69, 9.17) is 25.8 Å². The van der Waals surface area contributed by atoms with Gasteiger partial charge < -0.3 is 14.2 Å². The van der Waals surface area contributed by atoms with E-state index in [1.54, 1.807) is 36.5 Å². The van der Waals surface area contributed by atoms with Crippen LogP contribution in [0.2, 0.25) is 5.15 Å². The third-order valence-corrected chi connectivity index (χ3v) is 2.97. The number of aromatic nitrogens is 1. The summed E-state index contributed by atoms with van der Waals surface area (Å²) >= 11 is 5.69. The second-order valence-electron chi connectivity index (χ2n) is 4.17. The summed E-state index contributed by atoms with van der Waals surface area (Å²) < 4.78 is 15.4. The molecule has 0 amide bonds. The first-order chi connectivity index (χ1) is 10.1. The lowest BCUT2D eigenvalue weighted by molar-refractivity contribution is 0.0471. The van der Waals surface area contributed by atoms with Gasteiger partial charge in [0.25, 0.3) is 0 Å². The molecule has 6 heteroatoms. The van der Waals surface area contributed by atoms with Crippen LogP contribution < -0.4 is 9.47 Å². The van der Waals surface area contributed by atoms with E-state index in [1.807, 2.05) is 0 Å². The van der Waals surface area contributed by atoms with Crippen molar-refractivity contribution in [1.82, 2.24) is 4.98 Å². The minimum atomic E-state index is -0.470. The Labute approximate surface area is 127 Å². The fourth-order valence-electron chi connectivity index (χ4n) is 1.65. The van der Waals surface area contributed by atoms with Crippen molar-refractivity contribution < 1.29 is 19.0 Å². The van der Waals surface area contributed by atoms with Crippen LogP contribution in [0.1, 0.15) is 15.9 Å². The quantitative estimate of drug-likeness (QED) is 0.627. The monoisotopic (exact) mass is 307 g/mol. The lowest BCUT2D eigenvalue weighted by Gasteiger charge is -2.08. The summed E-state index contributed by atoms with van der Waals surface area (Å²) in [7, 11) is 3.03. The maximum Gasteiger partial charge on any atom is 0.338 e. The number of rotatable bonds is 5. The van der Waals surface area contributed by atoms with Crippen molar-refractivity contribution in [3.63, 3.8) is 0 Å². The first-order valence-electron chi connectivity index (χ1n) is 6.13. The van der Waals surface area contributed by atoms with Gasteiger partial charge in [0.2, 0.25) is 0 Å². The molecule has 0 aliphatic carbocycles. The number of ether oxygens (including phenoxy) is 3. The van der Waals surface area contributed by atoms with E-state index in [-0.39, 0.29) is 6.61 Å². The van der Waals surface area contributed by atoms with E-state index in [1.165, 1.54) is 14.2 Å². The SMILES string of the molecule is COc1cc(OC)cc(C(=O)OCc2ccc(Cl)nc2)c1. The molecule has 0 fully saturated rings. The summed E-state index contributed by atoms with van der Waals surface area (Å²) in [5.41, 5.74) is 1.11. The Morgan fingerprint density at radius 1 is 1.14 bits per heavy atom. The molecule has 0 radical (unpaired) electrons. The fraction of sp³-hybridized carbons (Fsp3) is 0.200. The van der Waals surface area contributed by atoms with Crippen LogP contribution in [0.3, 0.4) is 0 Å². The second kappa shape index (κ2) is 6.95. The van der Waals surface area contributed by atoms with Crippen LogP contribution in [0.25, 0.3) is 0 Å². The van der Waals surface area contributed by atoms with Crippen LogP contribution in [0, 0.1) is 0 Å². The summed E-state index contributed by atoms with van der Waals surface area (Å²) in [6.07, 6.45) is 1.56. The van der Waals surface area contributed by atoms with Gasteiger partial charge in [0.05, 0.1) is 19.8 Å². The summed E-state index contributed by atoms with van der Waals surface area (Å²) in [5.74, 6) is 0.575. The van der Waals surface area contributed by atoms with Crippen molar-refractivity contribution in [2.24, 2.45) is 0 Å². The number of pyridine rings is 1. The second-order valence-corrected chi connectivity index (χ2v) is 4.55.